The number of nitrogen functional groups attached to an aromatic ring is 1. The lowest BCUT2D eigenvalue weighted by Crippen LogP contribution is -2.15. The zero-order valence-corrected chi connectivity index (χ0v) is 13.8. The maximum Gasteiger partial charge on any atom is 0.264 e. The van der Waals surface area contributed by atoms with Crippen LogP contribution in [0.3, 0.4) is 0 Å². The summed E-state index contributed by atoms with van der Waals surface area (Å²) in [6.45, 7) is 3.34. The van der Waals surface area contributed by atoms with Gasteiger partial charge in [0.2, 0.25) is 0 Å². The SMILES string of the molecule is Cc1ccc(NS(=O)(=O)c2cc(N)cc(C)c2F)cc1Br. The van der Waals surface area contributed by atoms with Crippen molar-refractivity contribution in [1.29, 1.82) is 0 Å². The molecule has 0 saturated carbocycles. The topological polar surface area (TPSA) is 72.2 Å². The molecule has 7 heteroatoms. The predicted octanol–water partition coefficient (Wildman–Crippen LogP) is 3.59. The molecule has 0 aliphatic heterocycles. The molecule has 0 bridgehead atoms. The van der Waals surface area contributed by atoms with Gasteiger partial charge in [-0.05, 0) is 49.2 Å². The number of anilines is 2. The number of hydrogen-bond acceptors (Lipinski definition) is 3. The molecule has 21 heavy (non-hydrogen) atoms. The second-order valence-electron chi connectivity index (χ2n) is 4.72. The third kappa shape index (κ3) is 3.36. The maximum atomic E-state index is 14.0. The van der Waals surface area contributed by atoms with Crippen LogP contribution in [0.1, 0.15) is 11.1 Å². The largest absolute Gasteiger partial charge is 0.399 e. The fourth-order valence-corrected chi connectivity index (χ4v) is 3.44. The molecule has 0 radical (unpaired) electrons. The molecule has 2 aromatic rings. The Morgan fingerprint density at radius 2 is 1.81 bits per heavy atom. The van der Waals surface area contributed by atoms with Gasteiger partial charge in [0.1, 0.15) is 10.7 Å². The average Bonchev–Trinajstić information content (AvgIpc) is 2.37. The highest BCUT2D eigenvalue weighted by atomic mass is 79.9. The fraction of sp³-hybridized carbons (Fsp3) is 0.143. The first-order chi connectivity index (χ1) is 9.70. The second-order valence-corrected chi connectivity index (χ2v) is 7.22. The highest BCUT2D eigenvalue weighted by Crippen LogP contribution is 2.26. The molecule has 0 heterocycles. The third-order valence-electron chi connectivity index (χ3n) is 2.96. The van der Waals surface area contributed by atoms with Gasteiger partial charge in [0, 0.05) is 15.8 Å². The van der Waals surface area contributed by atoms with E-state index >= 15 is 0 Å². The van der Waals surface area contributed by atoms with E-state index < -0.39 is 20.7 Å². The Labute approximate surface area is 131 Å². The van der Waals surface area contributed by atoms with Crippen LogP contribution in [0, 0.1) is 19.7 Å². The van der Waals surface area contributed by atoms with Crippen LogP contribution in [0.4, 0.5) is 15.8 Å². The van der Waals surface area contributed by atoms with Gasteiger partial charge in [-0.15, -0.1) is 0 Å². The van der Waals surface area contributed by atoms with Crippen LogP contribution in [0.2, 0.25) is 0 Å². The van der Waals surface area contributed by atoms with Crippen molar-refractivity contribution < 1.29 is 12.8 Å². The van der Waals surface area contributed by atoms with Crippen molar-refractivity contribution in [2.45, 2.75) is 18.7 Å². The normalized spacial score (nSPS) is 11.4. The number of nitrogens with two attached hydrogens (primary N) is 1. The van der Waals surface area contributed by atoms with E-state index in [1.807, 2.05) is 6.92 Å². The Bertz CT molecular complexity index is 807. The summed E-state index contributed by atoms with van der Waals surface area (Å²) in [5.41, 5.74) is 7.27. The van der Waals surface area contributed by atoms with E-state index in [1.165, 1.54) is 13.0 Å². The minimum Gasteiger partial charge on any atom is -0.399 e. The molecular weight excluding hydrogens is 359 g/mol. The summed E-state index contributed by atoms with van der Waals surface area (Å²) in [6, 6.07) is 7.46. The molecule has 0 spiro atoms. The number of hydrogen-bond donors (Lipinski definition) is 2. The van der Waals surface area contributed by atoms with E-state index in [2.05, 4.69) is 20.7 Å². The number of sulfonamides is 1. The Morgan fingerprint density at radius 1 is 1.14 bits per heavy atom. The van der Waals surface area contributed by atoms with E-state index in [0.29, 0.717) is 5.69 Å². The van der Waals surface area contributed by atoms with Gasteiger partial charge < -0.3 is 5.73 Å². The minimum atomic E-state index is -4.04. The quantitative estimate of drug-likeness (QED) is 0.808. The van der Waals surface area contributed by atoms with Gasteiger partial charge in [-0.2, -0.15) is 0 Å². The van der Waals surface area contributed by atoms with Crippen LogP contribution in [-0.4, -0.2) is 8.42 Å². The summed E-state index contributed by atoms with van der Waals surface area (Å²) in [5.74, 6) is -0.803. The highest BCUT2D eigenvalue weighted by molar-refractivity contribution is 9.10. The second kappa shape index (κ2) is 5.65. The third-order valence-corrected chi connectivity index (χ3v) is 5.19. The van der Waals surface area contributed by atoms with E-state index in [-0.39, 0.29) is 11.3 Å². The van der Waals surface area contributed by atoms with Crippen LogP contribution in [0.15, 0.2) is 39.7 Å². The Hall–Kier alpha value is -1.60. The van der Waals surface area contributed by atoms with Crippen molar-refractivity contribution >= 4 is 37.3 Å². The fourth-order valence-electron chi connectivity index (χ4n) is 1.83. The van der Waals surface area contributed by atoms with Crippen molar-refractivity contribution in [3.05, 3.63) is 51.7 Å². The zero-order valence-electron chi connectivity index (χ0n) is 11.4. The van der Waals surface area contributed by atoms with Gasteiger partial charge in [-0.25, -0.2) is 12.8 Å². The molecule has 2 rings (SSSR count). The van der Waals surface area contributed by atoms with Crippen LogP contribution in [0.25, 0.3) is 0 Å². The minimum absolute atomic E-state index is 0.181. The van der Waals surface area contributed by atoms with Crippen LogP contribution in [-0.2, 0) is 10.0 Å². The van der Waals surface area contributed by atoms with Crippen molar-refractivity contribution in [2.75, 3.05) is 10.5 Å². The van der Waals surface area contributed by atoms with E-state index in [9.17, 15) is 12.8 Å². The van der Waals surface area contributed by atoms with Crippen molar-refractivity contribution in [2.24, 2.45) is 0 Å². The molecule has 3 N–H and O–H groups in total. The summed E-state index contributed by atoms with van der Waals surface area (Å²) < 4.78 is 41.7. The molecule has 0 unspecified atom stereocenters. The van der Waals surface area contributed by atoms with Gasteiger partial charge in [0.15, 0.2) is 0 Å². The van der Waals surface area contributed by atoms with Gasteiger partial charge in [0.25, 0.3) is 10.0 Å². The monoisotopic (exact) mass is 372 g/mol. The lowest BCUT2D eigenvalue weighted by molar-refractivity contribution is 0.565. The summed E-state index contributed by atoms with van der Waals surface area (Å²) in [7, 11) is -4.04. The molecule has 0 amide bonds. The first-order valence-electron chi connectivity index (χ1n) is 6.05. The highest BCUT2D eigenvalue weighted by Gasteiger charge is 2.21. The average molecular weight is 373 g/mol. The Kier molecular flexibility index (Phi) is 4.25. The molecule has 0 fully saturated rings. The van der Waals surface area contributed by atoms with Gasteiger partial charge in [0.05, 0.1) is 0 Å². The Balaban J connectivity index is 2.45. The molecule has 2 aromatic carbocycles. The van der Waals surface area contributed by atoms with Crippen molar-refractivity contribution in [3.63, 3.8) is 0 Å². The van der Waals surface area contributed by atoms with E-state index in [4.69, 9.17) is 5.73 Å². The summed E-state index contributed by atoms with van der Waals surface area (Å²) in [5, 5.41) is 0. The number of aryl methyl sites for hydroxylation is 2. The predicted molar refractivity (Wildman–Crippen MR) is 85.2 cm³/mol. The van der Waals surface area contributed by atoms with Gasteiger partial charge >= 0.3 is 0 Å². The number of nitrogens with one attached hydrogen (secondary N) is 1. The smallest absolute Gasteiger partial charge is 0.264 e. The molecule has 0 aromatic heterocycles. The van der Waals surface area contributed by atoms with E-state index in [1.54, 1.807) is 18.2 Å². The summed E-state index contributed by atoms with van der Waals surface area (Å²) >= 11 is 3.32. The van der Waals surface area contributed by atoms with Crippen LogP contribution < -0.4 is 10.5 Å². The first kappa shape index (κ1) is 15.8. The molecule has 112 valence electrons. The van der Waals surface area contributed by atoms with Crippen molar-refractivity contribution in [1.82, 2.24) is 0 Å². The first-order valence-corrected chi connectivity index (χ1v) is 8.33. The summed E-state index contributed by atoms with van der Waals surface area (Å²) in [6.07, 6.45) is 0. The lowest BCUT2D eigenvalue weighted by atomic mass is 10.2. The van der Waals surface area contributed by atoms with Crippen LogP contribution in [0.5, 0.6) is 0 Å². The summed E-state index contributed by atoms with van der Waals surface area (Å²) in [4.78, 5) is -0.461. The Morgan fingerprint density at radius 3 is 2.43 bits per heavy atom. The lowest BCUT2D eigenvalue weighted by Gasteiger charge is -2.12. The van der Waals surface area contributed by atoms with Crippen LogP contribution >= 0.6 is 15.9 Å². The van der Waals surface area contributed by atoms with Gasteiger partial charge in [-0.1, -0.05) is 22.0 Å². The maximum absolute atomic E-state index is 14.0. The van der Waals surface area contributed by atoms with E-state index in [0.717, 1.165) is 16.1 Å². The number of halogens is 2. The molecule has 0 aliphatic carbocycles. The van der Waals surface area contributed by atoms with Crippen molar-refractivity contribution in [3.8, 4) is 0 Å². The molecule has 0 aliphatic rings. The molecular formula is C14H14BrFN2O2S. The van der Waals surface area contributed by atoms with Gasteiger partial charge in [-0.3, -0.25) is 4.72 Å². The molecule has 0 atom stereocenters. The standard InChI is InChI=1S/C14H14BrFN2O2S/c1-8-3-4-11(7-12(8)15)18-21(19,20)13-6-10(17)5-9(2)14(13)16/h3-7,18H,17H2,1-2H3. The molecule has 4 nitrogen and oxygen atoms in total. The molecule has 0 saturated heterocycles. The zero-order chi connectivity index (χ0) is 15.8. The number of benzene rings is 2. The number of rotatable bonds is 3.